The number of esters is 1. The zero-order valence-electron chi connectivity index (χ0n) is 9.13. The van der Waals surface area contributed by atoms with Crippen LogP contribution in [0.3, 0.4) is 0 Å². The molecule has 0 fully saturated rings. The second kappa shape index (κ2) is 6.07. The summed E-state index contributed by atoms with van der Waals surface area (Å²) in [6.07, 6.45) is 0.747. The van der Waals surface area contributed by atoms with Gasteiger partial charge in [0.05, 0.1) is 18.4 Å². The van der Waals surface area contributed by atoms with Crippen molar-refractivity contribution in [3.8, 4) is 0 Å². The summed E-state index contributed by atoms with van der Waals surface area (Å²) in [5, 5.41) is 2.95. The number of ether oxygens (including phenoxy) is 1. The summed E-state index contributed by atoms with van der Waals surface area (Å²) < 4.78 is 17.6. The van der Waals surface area contributed by atoms with Crippen molar-refractivity contribution in [3.05, 3.63) is 29.6 Å². The number of nitrogens with one attached hydrogen (secondary N) is 1. The molecular weight excluding hydrogens is 211 g/mol. The highest BCUT2D eigenvalue weighted by molar-refractivity contribution is 5.95. The summed E-state index contributed by atoms with van der Waals surface area (Å²) in [5.74, 6) is -0.891. The van der Waals surface area contributed by atoms with Crippen LogP contribution in [0.2, 0.25) is 0 Å². The number of carbonyl (C=O) groups excluding carboxylic acids is 1. The topological polar surface area (TPSA) is 64.3 Å². The highest BCUT2D eigenvalue weighted by atomic mass is 19.1. The lowest BCUT2D eigenvalue weighted by Gasteiger charge is -2.10. The Balaban J connectivity index is 2.85. The molecule has 0 heterocycles. The molecule has 0 aromatic heterocycles. The van der Waals surface area contributed by atoms with E-state index in [0.29, 0.717) is 24.3 Å². The molecule has 0 saturated carbocycles. The molecule has 0 saturated heterocycles. The van der Waals surface area contributed by atoms with Crippen LogP contribution in [0.15, 0.2) is 18.2 Å². The third kappa shape index (κ3) is 3.20. The Kier molecular flexibility index (Phi) is 4.72. The van der Waals surface area contributed by atoms with Crippen LogP contribution >= 0.6 is 0 Å². The van der Waals surface area contributed by atoms with E-state index in [-0.39, 0.29) is 0 Å². The number of nitrogens with two attached hydrogens (primary N) is 1. The molecule has 0 amide bonds. The van der Waals surface area contributed by atoms with Gasteiger partial charge in [-0.3, -0.25) is 0 Å². The fourth-order valence-electron chi connectivity index (χ4n) is 1.28. The molecule has 5 heteroatoms. The summed E-state index contributed by atoms with van der Waals surface area (Å²) in [7, 11) is 1.29. The van der Waals surface area contributed by atoms with Gasteiger partial charge in [0.1, 0.15) is 5.82 Å². The number of rotatable bonds is 5. The maximum Gasteiger partial charge on any atom is 0.339 e. The molecule has 0 unspecified atom stereocenters. The van der Waals surface area contributed by atoms with Gasteiger partial charge in [0.15, 0.2) is 0 Å². The predicted molar refractivity (Wildman–Crippen MR) is 59.9 cm³/mol. The zero-order valence-corrected chi connectivity index (χ0v) is 9.13. The SMILES string of the molecule is COC(=O)c1ccc(F)cc1NCCCN. The summed E-state index contributed by atoms with van der Waals surface area (Å²) in [6, 6.07) is 3.88. The van der Waals surface area contributed by atoms with Crippen LogP contribution in [-0.4, -0.2) is 26.2 Å². The van der Waals surface area contributed by atoms with Crippen molar-refractivity contribution in [2.45, 2.75) is 6.42 Å². The molecule has 0 aliphatic carbocycles. The van der Waals surface area contributed by atoms with Gasteiger partial charge in [-0.1, -0.05) is 0 Å². The highest BCUT2D eigenvalue weighted by Crippen LogP contribution is 2.18. The number of methoxy groups -OCH3 is 1. The molecule has 1 aromatic rings. The number of carbonyl (C=O) groups is 1. The van der Waals surface area contributed by atoms with Gasteiger partial charge in [-0.05, 0) is 31.2 Å². The molecule has 3 N–H and O–H groups in total. The smallest absolute Gasteiger partial charge is 0.339 e. The largest absolute Gasteiger partial charge is 0.465 e. The van der Waals surface area contributed by atoms with Crippen molar-refractivity contribution in [1.82, 2.24) is 0 Å². The maximum atomic E-state index is 13.0. The molecule has 0 aliphatic heterocycles. The van der Waals surface area contributed by atoms with Gasteiger partial charge in [-0.2, -0.15) is 0 Å². The van der Waals surface area contributed by atoms with Crippen molar-refractivity contribution in [2.24, 2.45) is 5.73 Å². The van der Waals surface area contributed by atoms with E-state index in [9.17, 15) is 9.18 Å². The first-order chi connectivity index (χ1) is 7.69. The second-order valence-electron chi connectivity index (χ2n) is 3.25. The summed E-state index contributed by atoms with van der Waals surface area (Å²) in [6.45, 7) is 1.12. The van der Waals surface area contributed by atoms with Gasteiger partial charge in [0, 0.05) is 6.54 Å². The number of hydrogen-bond donors (Lipinski definition) is 2. The van der Waals surface area contributed by atoms with Crippen molar-refractivity contribution >= 4 is 11.7 Å². The minimum atomic E-state index is -0.491. The minimum Gasteiger partial charge on any atom is -0.465 e. The van der Waals surface area contributed by atoms with Gasteiger partial charge in [-0.15, -0.1) is 0 Å². The Morgan fingerprint density at radius 3 is 2.94 bits per heavy atom. The molecule has 0 bridgehead atoms. The van der Waals surface area contributed by atoms with Crippen molar-refractivity contribution < 1.29 is 13.9 Å². The monoisotopic (exact) mass is 226 g/mol. The Morgan fingerprint density at radius 2 is 2.31 bits per heavy atom. The van der Waals surface area contributed by atoms with E-state index in [1.807, 2.05) is 0 Å². The normalized spacial score (nSPS) is 9.94. The molecule has 16 heavy (non-hydrogen) atoms. The van der Waals surface area contributed by atoms with Crippen LogP contribution in [0.1, 0.15) is 16.8 Å². The minimum absolute atomic E-state index is 0.320. The third-order valence-corrected chi connectivity index (χ3v) is 2.08. The standard InChI is InChI=1S/C11H15FN2O2/c1-16-11(15)9-4-3-8(12)7-10(9)14-6-2-5-13/h3-4,7,14H,2,5-6,13H2,1H3. The molecule has 4 nitrogen and oxygen atoms in total. The molecule has 88 valence electrons. The van der Waals surface area contributed by atoms with Gasteiger partial charge < -0.3 is 15.8 Å². The Hall–Kier alpha value is -1.62. The first kappa shape index (κ1) is 12.4. The molecule has 0 spiro atoms. The van der Waals surface area contributed by atoms with Crippen molar-refractivity contribution in [3.63, 3.8) is 0 Å². The van der Waals surface area contributed by atoms with Crippen LogP contribution in [-0.2, 0) is 4.74 Å². The highest BCUT2D eigenvalue weighted by Gasteiger charge is 2.11. The summed E-state index contributed by atoms with van der Waals surface area (Å²) in [4.78, 5) is 11.4. The lowest BCUT2D eigenvalue weighted by atomic mass is 10.1. The third-order valence-electron chi connectivity index (χ3n) is 2.08. The van der Waals surface area contributed by atoms with Crippen LogP contribution in [0.5, 0.6) is 0 Å². The van der Waals surface area contributed by atoms with Crippen molar-refractivity contribution in [2.75, 3.05) is 25.5 Å². The van der Waals surface area contributed by atoms with Crippen LogP contribution < -0.4 is 11.1 Å². The quantitative estimate of drug-likeness (QED) is 0.588. The lowest BCUT2D eigenvalue weighted by Crippen LogP contribution is -2.12. The van der Waals surface area contributed by atoms with Gasteiger partial charge in [0.25, 0.3) is 0 Å². The number of halogens is 1. The molecular formula is C11H15FN2O2. The van der Waals surface area contributed by atoms with Crippen LogP contribution in [0.4, 0.5) is 10.1 Å². The van der Waals surface area contributed by atoms with E-state index >= 15 is 0 Å². The molecule has 0 radical (unpaired) electrons. The fraction of sp³-hybridized carbons (Fsp3) is 0.364. The lowest BCUT2D eigenvalue weighted by molar-refractivity contribution is 0.0602. The maximum absolute atomic E-state index is 13.0. The summed E-state index contributed by atoms with van der Waals surface area (Å²) in [5.41, 5.74) is 6.09. The molecule has 1 rings (SSSR count). The molecule has 0 aliphatic rings. The van der Waals surface area contributed by atoms with E-state index in [0.717, 1.165) is 6.42 Å². The van der Waals surface area contributed by atoms with Crippen LogP contribution in [0.25, 0.3) is 0 Å². The Labute approximate surface area is 93.6 Å². The van der Waals surface area contributed by atoms with Crippen molar-refractivity contribution in [1.29, 1.82) is 0 Å². The van der Waals surface area contributed by atoms with Crippen LogP contribution in [0, 0.1) is 5.82 Å². The fourth-order valence-corrected chi connectivity index (χ4v) is 1.28. The van der Waals surface area contributed by atoms with Gasteiger partial charge >= 0.3 is 5.97 Å². The molecule has 1 aromatic carbocycles. The zero-order chi connectivity index (χ0) is 12.0. The van der Waals surface area contributed by atoms with E-state index in [2.05, 4.69) is 10.1 Å². The number of benzene rings is 1. The Morgan fingerprint density at radius 1 is 1.56 bits per heavy atom. The van der Waals surface area contributed by atoms with E-state index in [1.165, 1.54) is 25.3 Å². The van der Waals surface area contributed by atoms with E-state index in [4.69, 9.17) is 5.73 Å². The van der Waals surface area contributed by atoms with E-state index in [1.54, 1.807) is 0 Å². The molecule has 0 atom stereocenters. The van der Waals surface area contributed by atoms with Gasteiger partial charge in [0.2, 0.25) is 0 Å². The summed E-state index contributed by atoms with van der Waals surface area (Å²) >= 11 is 0. The van der Waals surface area contributed by atoms with E-state index < -0.39 is 11.8 Å². The Bertz CT molecular complexity index is 369. The number of anilines is 1. The first-order valence-electron chi connectivity index (χ1n) is 5.01. The average molecular weight is 226 g/mol. The predicted octanol–water partition coefficient (Wildman–Crippen LogP) is 1.37. The van der Waals surface area contributed by atoms with Gasteiger partial charge in [-0.25, -0.2) is 9.18 Å². The number of hydrogen-bond acceptors (Lipinski definition) is 4. The first-order valence-corrected chi connectivity index (χ1v) is 5.01. The second-order valence-corrected chi connectivity index (χ2v) is 3.25. The average Bonchev–Trinajstić information content (AvgIpc) is 2.29.